The van der Waals surface area contributed by atoms with Crippen LogP contribution in [-0.4, -0.2) is 29.1 Å². The number of carboxylic acids is 1. The summed E-state index contributed by atoms with van der Waals surface area (Å²) in [5, 5.41) is 9.69. The Labute approximate surface area is 128 Å². The number of nitrogens with zero attached hydrogens (tertiary/aromatic N) is 1. The van der Waals surface area contributed by atoms with Crippen LogP contribution in [0.1, 0.15) is 49.3 Å². The zero-order valence-corrected chi connectivity index (χ0v) is 13.5. The molecule has 1 unspecified atom stereocenters. The Balaban J connectivity index is 2.16. The van der Waals surface area contributed by atoms with Gasteiger partial charge in [0.1, 0.15) is 0 Å². The average molecular weight is 289 g/mol. The Morgan fingerprint density at radius 1 is 1.33 bits per heavy atom. The van der Waals surface area contributed by atoms with E-state index in [2.05, 4.69) is 43.9 Å². The number of piperidine rings is 1. The number of hydrogen-bond acceptors (Lipinski definition) is 2. The Kier molecular flexibility index (Phi) is 5.04. The van der Waals surface area contributed by atoms with E-state index in [4.69, 9.17) is 0 Å². The van der Waals surface area contributed by atoms with E-state index >= 15 is 0 Å². The van der Waals surface area contributed by atoms with Crippen molar-refractivity contribution in [2.45, 2.75) is 53.0 Å². The quantitative estimate of drug-likeness (QED) is 0.897. The van der Waals surface area contributed by atoms with Crippen molar-refractivity contribution in [1.82, 2.24) is 4.90 Å². The van der Waals surface area contributed by atoms with Crippen molar-refractivity contribution >= 4 is 5.97 Å². The molecule has 0 saturated carbocycles. The Morgan fingerprint density at radius 3 is 2.57 bits per heavy atom. The second kappa shape index (κ2) is 6.61. The van der Waals surface area contributed by atoms with Crippen LogP contribution in [0.3, 0.4) is 0 Å². The van der Waals surface area contributed by atoms with Gasteiger partial charge in [-0.25, -0.2) is 0 Å². The molecule has 1 N–H and O–H groups in total. The van der Waals surface area contributed by atoms with Gasteiger partial charge in [-0.1, -0.05) is 31.5 Å². The number of aliphatic carboxylic acids is 1. The number of carboxylic acid groups (broad SMARTS) is 1. The first kappa shape index (κ1) is 16.0. The smallest absolute Gasteiger partial charge is 0.310 e. The van der Waals surface area contributed by atoms with Gasteiger partial charge < -0.3 is 5.11 Å². The van der Waals surface area contributed by atoms with Crippen LogP contribution in [0.5, 0.6) is 0 Å². The molecule has 0 spiro atoms. The van der Waals surface area contributed by atoms with E-state index in [9.17, 15) is 9.90 Å². The van der Waals surface area contributed by atoms with Crippen molar-refractivity contribution in [1.29, 1.82) is 0 Å². The molecule has 1 aromatic rings. The number of carbonyl (C=O) groups is 1. The molecule has 3 heteroatoms. The number of likely N-dealkylation sites (tertiary alicyclic amines) is 1. The minimum absolute atomic E-state index is 0.538. The maximum Gasteiger partial charge on any atom is 0.310 e. The fourth-order valence-corrected chi connectivity index (χ4v) is 3.65. The second-order valence-corrected chi connectivity index (χ2v) is 6.52. The highest BCUT2D eigenvalue weighted by molar-refractivity contribution is 5.75. The molecule has 0 amide bonds. The Bertz CT molecular complexity index is 488. The molecule has 0 radical (unpaired) electrons. The van der Waals surface area contributed by atoms with Gasteiger partial charge in [0, 0.05) is 13.1 Å². The molecule has 1 fully saturated rings. The lowest BCUT2D eigenvalue weighted by atomic mass is 9.76. The second-order valence-electron chi connectivity index (χ2n) is 6.52. The van der Waals surface area contributed by atoms with Crippen LogP contribution < -0.4 is 0 Å². The van der Waals surface area contributed by atoms with Gasteiger partial charge in [-0.05, 0) is 56.3 Å². The zero-order valence-electron chi connectivity index (χ0n) is 13.5. The predicted octanol–water partition coefficient (Wildman–Crippen LogP) is 3.77. The van der Waals surface area contributed by atoms with E-state index in [1.165, 1.54) is 16.7 Å². The first-order valence-corrected chi connectivity index (χ1v) is 7.99. The highest BCUT2D eigenvalue weighted by atomic mass is 16.4. The summed E-state index contributed by atoms with van der Waals surface area (Å²) in [7, 11) is 0. The minimum Gasteiger partial charge on any atom is -0.481 e. The third-order valence-corrected chi connectivity index (χ3v) is 4.86. The van der Waals surface area contributed by atoms with Gasteiger partial charge in [-0.2, -0.15) is 0 Å². The van der Waals surface area contributed by atoms with Crippen molar-refractivity contribution < 1.29 is 9.90 Å². The van der Waals surface area contributed by atoms with Crippen LogP contribution in [0.4, 0.5) is 0 Å². The van der Waals surface area contributed by atoms with Gasteiger partial charge in [0.25, 0.3) is 0 Å². The average Bonchev–Trinajstić information content (AvgIpc) is 2.44. The summed E-state index contributed by atoms with van der Waals surface area (Å²) in [5.74, 6) is -0.615. The molecular formula is C18H27NO2. The van der Waals surface area contributed by atoms with Gasteiger partial charge in [0.05, 0.1) is 5.41 Å². The van der Waals surface area contributed by atoms with Gasteiger partial charge in [0.2, 0.25) is 0 Å². The van der Waals surface area contributed by atoms with Crippen molar-refractivity contribution in [3.05, 3.63) is 34.9 Å². The van der Waals surface area contributed by atoms with Gasteiger partial charge in [-0.3, -0.25) is 9.69 Å². The van der Waals surface area contributed by atoms with Crippen LogP contribution >= 0.6 is 0 Å². The van der Waals surface area contributed by atoms with Crippen LogP contribution in [0, 0.1) is 19.3 Å². The predicted molar refractivity (Wildman–Crippen MR) is 85.4 cm³/mol. The molecule has 1 aliphatic rings. The van der Waals surface area contributed by atoms with E-state index in [1.54, 1.807) is 0 Å². The number of hydrogen-bond donors (Lipinski definition) is 1. The molecule has 0 aliphatic carbocycles. The molecule has 116 valence electrons. The molecule has 1 aromatic carbocycles. The summed E-state index contributed by atoms with van der Waals surface area (Å²) in [4.78, 5) is 14.1. The number of benzene rings is 1. The maximum atomic E-state index is 11.8. The SMILES string of the molecule is CCCC1(C(=O)O)CCCN(Cc2c(C)cccc2C)C1. The summed E-state index contributed by atoms with van der Waals surface area (Å²) in [6, 6.07) is 6.37. The summed E-state index contributed by atoms with van der Waals surface area (Å²) in [6.07, 6.45) is 3.52. The van der Waals surface area contributed by atoms with Crippen molar-refractivity contribution in [2.75, 3.05) is 13.1 Å². The summed E-state index contributed by atoms with van der Waals surface area (Å²) in [5.41, 5.74) is 3.42. The Hall–Kier alpha value is -1.35. The van der Waals surface area contributed by atoms with Gasteiger partial charge >= 0.3 is 5.97 Å². The molecule has 3 nitrogen and oxygen atoms in total. The molecule has 1 saturated heterocycles. The van der Waals surface area contributed by atoms with E-state index in [1.807, 2.05) is 0 Å². The molecule has 0 aromatic heterocycles. The van der Waals surface area contributed by atoms with Crippen molar-refractivity contribution in [2.24, 2.45) is 5.41 Å². The normalized spacial score (nSPS) is 23.2. The van der Waals surface area contributed by atoms with Crippen LogP contribution in [-0.2, 0) is 11.3 Å². The Morgan fingerprint density at radius 2 is 2.00 bits per heavy atom. The largest absolute Gasteiger partial charge is 0.481 e. The first-order chi connectivity index (χ1) is 9.98. The minimum atomic E-state index is -0.615. The lowest BCUT2D eigenvalue weighted by Crippen LogP contribution is -2.47. The maximum absolute atomic E-state index is 11.8. The van der Waals surface area contributed by atoms with Gasteiger partial charge in [0.15, 0.2) is 0 Å². The molecule has 1 atom stereocenters. The number of aryl methyl sites for hydroxylation is 2. The monoisotopic (exact) mass is 289 g/mol. The summed E-state index contributed by atoms with van der Waals surface area (Å²) >= 11 is 0. The standard InChI is InChI=1S/C18H27NO2/c1-4-9-18(17(20)21)10-6-11-19(13-18)12-16-14(2)7-5-8-15(16)3/h5,7-8H,4,6,9-13H2,1-3H3,(H,20,21). The molecule has 1 aliphatic heterocycles. The highest BCUT2D eigenvalue weighted by Gasteiger charge is 2.41. The van der Waals surface area contributed by atoms with Crippen molar-refractivity contribution in [3.8, 4) is 0 Å². The van der Waals surface area contributed by atoms with E-state index in [0.717, 1.165) is 38.8 Å². The lowest BCUT2D eigenvalue weighted by molar-refractivity contribution is -0.153. The van der Waals surface area contributed by atoms with Gasteiger partial charge in [-0.15, -0.1) is 0 Å². The highest BCUT2D eigenvalue weighted by Crippen LogP contribution is 2.36. The fourth-order valence-electron chi connectivity index (χ4n) is 3.65. The molecule has 0 bridgehead atoms. The molecule has 1 heterocycles. The molecule has 21 heavy (non-hydrogen) atoms. The summed E-state index contributed by atoms with van der Waals surface area (Å²) in [6.45, 7) is 8.92. The molecule has 2 rings (SSSR count). The summed E-state index contributed by atoms with van der Waals surface area (Å²) < 4.78 is 0. The van der Waals surface area contributed by atoms with Crippen LogP contribution in [0.25, 0.3) is 0 Å². The third kappa shape index (κ3) is 3.46. The fraction of sp³-hybridized carbons (Fsp3) is 0.611. The zero-order chi connectivity index (χ0) is 15.5. The lowest BCUT2D eigenvalue weighted by Gasteiger charge is -2.40. The van der Waals surface area contributed by atoms with E-state index in [-0.39, 0.29) is 0 Å². The van der Waals surface area contributed by atoms with Crippen LogP contribution in [0.2, 0.25) is 0 Å². The first-order valence-electron chi connectivity index (χ1n) is 7.99. The topological polar surface area (TPSA) is 40.5 Å². The van der Waals surface area contributed by atoms with E-state index < -0.39 is 11.4 Å². The van der Waals surface area contributed by atoms with Crippen molar-refractivity contribution in [3.63, 3.8) is 0 Å². The molecular weight excluding hydrogens is 262 g/mol. The van der Waals surface area contributed by atoms with E-state index in [0.29, 0.717) is 6.54 Å². The number of rotatable bonds is 5. The van der Waals surface area contributed by atoms with Crippen LogP contribution in [0.15, 0.2) is 18.2 Å². The third-order valence-electron chi connectivity index (χ3n) is 4.86.